The molecule has 3 heteroatoms. The maximum absolute atomic E-state index is 12.4. The molecule has 0 fully saturated rings. The van der Waals surface area contributed by atoms with Gasteiger partial charge < -0.3 is 10.3 Å². The number of aryl methyl sites for hydroxylation is 1. The van der Waals surface area contributed by atoms with Crippen LogP contribution in [0.25, 0.3) is 11.3 Å². The van der Waals surface area contributed by atoms with Crippen LogP contribution in [0, 0.1) is 0 Å². The van der Waals surface area contributed by atoms with Crippen molar-refractivity contribution in [2.45, 2.75) is 39.8 Å². The fourth-order valence-corrected chi connectivity index (χ4v) is 2.39. The first-order valence-corrected chi connectivity index (χ1v) is 7.23. The third-order valence-corrected chi connectivity index (χ3v) is 3.58. The Balaban J connectivity index is 2.54. The lowest BCUT2D eigenvalue weighted by molar-refractivity contribution is 0.653. The fraction of sp³-hybridized carbons (Fsp3) is 0.353. The van der Waals surface area contributed by atoms with E-state index in [2.05, 4.69) is 38.1 Å². The van der Waals surface area contributed by atoms with Crippen LogP contribution in [0.1, 0.15) is 31.4 Å². The minimum absolute atomic E-state index is 0.0337. The number of rotatable bonds is 5. The highest BCUT2D eigenvalue weighted by atomic mass is 16.1. The Morgan fingerprint density at radius 1 is 1.05 bits per heavy atom. The zero-order valence-corrected chi connectivity index (χ0v) is 12.2. The number of hydrogen-bond acceptors (Lipinski definition) is 2. The van der Waals surface area contributed by atoms with Crippen molar-refractivity contribution in [2.75, 3.05) is 0 Å². The van der Waals surface area contributed by atoms with Crippen LogP contribution in [0.3, 0.4) is 0 Å². The molecule has 0 aliphatic rings. The second-order valence-corrected chi connectivity index (χ2v) is 4.96. The van der Waals surface area contributed by atoms with Gasteiger partial charge in [0.05, 0.1) is 5.69 Å². The molecule has 0 spiro atoms. The zero-order chi connectivity index (χ0) is 14.5. The predicted octanol–water partition coefficient (Wildman–Crippen LogP) is 2.95. The summed E-state index contributed by atoms with van der Waals surface area (Å²) in [6, 6.07) is 12.3. The molecule has 0 saturated heterocycles. The van der Waals surface area contributed by atoms with Gasteiger partial charge in [-0.3, -0.25) is 4.79 Å². The van der Waals surface area contributed by atoms with Gasteiger partial charge in [0.15, 0.2) is 0 Å². The molecule has 2 aromatic rings. The third kappa shape index (κ3) is 2.83. The summed E-state index contributed by atoms with van der Waals surface area (Å²) in [6.07, 6.45) is 1.95. The maximum atomic E-state index is 12.4. The molecule has 2 N–H and O–H groups in total. The number of benzene rings is 1. The standard InChI is InChI=1S/C17H22N2O/c1-3-11-19-16(10-9-15(12-18)17(19)20)14-7-5-13(4-2)6-8-14/h5-10H,3-4,11-12,18H2,1-2H3. The Kier molecular flexibility index (Phi) is 4.74. The van der Waals surface area contributed by atoms with Gasteiger partial charge in [0, 0.05) is 18.7 Å². The number of nitrogens with two attached hydrogens (primary N) is 1. The molecular weight excluding hydrogens is 248 g/mol. The molecule has 0 atom stereocenters. The quantitative estimate of drug-likeness (QED) is 0.908. The average Bonchev–Trinajstić information content (AvgIpc) is 2.49. The maximum Gasteiger partial charge on any atom is 0.255 e. The van der Waals surface area contributed by atoms with E-state index in [1.165, 1.54) is 5.56 Å². The number of aromatic nitrogens is 1. The first-order valence-electron chi connectivity index (χ1n) is 7.23. The van der Waals surface area contributed by atoms with Crippen LogP contribution in [-0.2, 0) is 19.5 Å². The molecule has 20 heavy (non-hydrogen) atoms. The van der Waals surface area contributed by atoms with E-state index >= 15 is 0 Å². The van der Waals surface area contributed by atoms with Crippen molar-refractivity contribution in [1.29, 1.82) is 0 Å². The summed E-state index contributed by atoms with van der Waals surface area (Å²) in [7, 11) is 0. The second kappa shape index (κ2) is 6.53. The van der Waals surface area contributed by atoms with Crippen LogP contribution in [0.15, 0.2) is 41.2 Å². The molecule has 0 unspecified atom stereocenters. The van der Waals surface area contributed by atoms with Crippen molar-refractivity contribution in [3.8, 4) is 11.3 Å². The molecule has 1 aromatic carbocycles. The van der Waals surface area contributed by atoms with Gasteiger partial charge in [-0.2, -0.15) is 0 Å². The van der Waals surface area contributed by atoms with Crippen molar-refractivity contribution in [1.82, 2.24) is 4.57 Å². The Hall–Kier alpha value is -1.87. The highest BCUT2D eigenvalue weighted by molar-refractivity contribution is 5.60. The smallest absolute Gasteiger partial charge is 0.255 e. The van der Waals surface area contributed by atoms with E-state index in [9.17, 15) is 4.79 Å². The summed E-state index contributed by atoms with van der Waals surface area (Å²) in [4.78, 5) is 12.4. The van der Waals surface area contributed by atoms with Crippen molar-refractivity contribution >= 4 is 0 Å². The lowest BCUT2D eigenvalue weighted by Gasteiger charge is -2.14. The van der Waals surface area contributed by atoms with Crippen LogP contribution >= 0.6 is 0 Å². The molecule has 1 aromatic heterocycles. The Morgan fingerprint density at radius 2 is 1.75 bits per heavy atom. The molecule has 106 valence electrons. The van der Waals surface area contributed by atoms with Gasteiger partial charge >= 0.3 is 0 Å². The molecule has 0 aliphatic heterocycles. The van der Waals surface area contributed by atoms with Crippen LogP contribution in [-0.4, -0.2) is 4.57 Å². The van der Waals surface area contributed by atoms with Crippen LogP contribution < -0.4 is 11.3 Å². The van der Waals surface area contributed by atoms with Gasteiger partial charge in [-0.1, -0.05) is 44.2 Å². The largest absolute Gasteiger partial charge is 0.326 e. The summed E-state index contributed by atoms with van der Waals surface area (Å²) in [6.45, 7) is 5.22. The summed E-state index contributed by atoms with van der Waals surface area (Å²) >= 11 is 0. The Morgan fingerprint density at radius 3 is 2.30 bits per heavy atom. The minimum atomic E-state index is 0.0337. The highest BCUT2D eigenvalue weighted by Gasteiger charge is 2.09. The first-order chi connectivity index (χ1) is 9.71. The van der Waals surface area contributed by atoms with E-state index in [1.54, 1.807) is 0 Å². The summed E-state index contributed by atoms with van der Waals surface area (Å²) in [5, 5.41) is 0. The fourth-order valence-electron chi connectivity index (χ4n) is 2.39. The van der Waals surface area contributed by atoms with Gasteiger partial charge in [-0.25, -0.2) is 0 Å². The lowest BCUT2D eigenvalue weighted by atomic mass is 10.1. The van der Waals surface area contributed by atoms with E-state index in [1.807, 2.05) is 16.7 Å². The second-order valence-electron chi connectivity index (χ2n) is 4.96. The van der Waals surface area contributed by atoms with Gasteiger partial charge in [-0.05, 0) is 30.0 Å². The van der Waals surface area contributed by atoms with Crippen LogP contribution in [0.2, 0.25) is 0 Å². The third-order valence-electron chi connectivity index (χ3n) is 3.58. The van der Waals surface area contributed by atoms with Crippen molar-refractivity contribution < 1.29 is 0 Å². The van der Waals surface area contributed by atoms with E-state index in [0.29, 0.717) is 5.56 Å². The number of nitrogens with zero attached hydrogens (tertiary/aromatic N) is 1. The van der Waals surface area contributed by atoms with E-state index in [0.717, 1.165) is 30.6 Å². The van der Waals surface area contributed by atoms with Crippen molar-refractivity contribution in [3.05, 3.63) is 57.9 Å². The minimum Gasteiger partial charge on any atom is -0.326 e. The Labute approximate surface area is 120 Å². The molecule has 1 heterocycles. The predicted molar refractivity (Wildman–Crippen MR) is 83.7 cm³/mol. The molecule has 0 radical (unpaired) electrons. The first kappa shape index (κ1) is 14.5. The van der Waals surface area contributed by atoms with E-state index in [-0.39, 0.29) is 12.1 Å². The van der Waals surface area contributed by atoms with Crippen molar-refractivity contribution in [3.63, 3.8) is 0 Å². The zero-order valence-electron chi connectivity index (χ0n) is 12.2. The molecule has 0 amide bonds. The SMILES string of the molecule is CCCn1c(-c2ccc(CC)cc2)ccc(CN)c1=O. The number of pyridine rings is 1. The average molecular weight is 270 g/mol. The normalized spacial score (nSPS) is 10.8. The summed E-state index contributed by atoms with van der Waals surface area (Å²) < 4.78 is 1.84. The highest BCUT2D eigenvalue weighted by Crippen LogP contribution is 2.19. The van der Waals surface area contributed by atoms with Gasteiger partial charge in [0.25, 0.3) is 5.56 Å². The lowest BCUT2D eigenvalue weighted by Crippen LogP contribution is -2.26. The summed E-state index contributed by atoms with van der Waals surface area (Å²) in [5.41, 5.74) is 9.69. The molecule has 2 rings (SSSR count). The topological polar surface area (TPSA) is 48.0 Å². The molecule has 3 nitrogen and oxygen atoms in total. The molecule has 0 saturated carbocycles. The van der Waals surface area contributed by atoms with Crippen LogP contribution in [0.5, 0.6) is 0 Å². The monoisotopic (exact) mass is 270 g/mol. The summed E-state index contributed by atoms with van der Waals surface area (Å²) in [5.74, 6) is 0. The number of hydrogen-bond donors (Lipinski definition) is 1. The van der Waals surface area contributed by atoms with E-state index < -0.39 is 0 Å². The van der Waals surface area contributed by atoms with Gasteiger partial charge in [0.1, 0.15) is 0 Å². The molecule has 0 bridgehead atoms. The molecule has 0 aliphatic carbocycles. The van der Waals surface area contributed by atoms with E-state index in [4.69, 9.17) is 5.73 Å². The van der Waals surface area contributed by atoms with Crippen molar-refractivity contribution in [2.24, 2.45) is 5.73 Å². The Bertz CT molecular complexity index is 626. The van der Waals surface area contributed by atoms with Crippen LogP contribution in [0.4, 0.5) is 0 Å². The van der Waals surface area contributed by atoms with Gasteiger partial charge in [-0.15, -0.1) is 0 Å². The van der Waals surface area contributed by atoms with Gasteiger partial charge in [0.2, 0.25) is 0 Å². The molecular formula is C17H22N2O.